The molecule has 2 aromatic carbocycles. The summed E-state index contributed by atoms with van der Waals surface area (Å²) in [6, 6.07) is 14.0. The molecule has 0 aliphatic rings. The van der Waals surface area contributed by atoms with Crippen LogP contribution in [0.1, 0.15) is 43.0 Å². The summed E-state index contributed by atoms with van der Waals surface area (Å²) in [6.45, 7) is 12.7. The molecular weight excluding hydrogens is 324 g/mol. The predicted molar refractivity (Wildman–Crippen MR) is 107 cm³/mol. The first-order valence-corrected chi connectivity index (χ1v) is 9.02. The Kier molecular flexibility index (Phi) is 6.81. The van der Waals surface area contributed by atoms with Crippen molar-refractivity contribution >= 4 is 11.8 Å². The highest BCUT2D eigenvalue weighted by Gasteiger charge is 2.09. The first-order valence-electron chi connectivity index (χ1n) is 9.02. The van der Waals surface area contributed by atoms with Gasteiger partial charge in [-0.2, -0.15) is 0 Å². The van der Waals surface area contributed by atoms with Gasteiger partial charge in [-0.25, -0.2) is 4.79 Å². The van der Waals surface area contributed by atoms with Crippen molar-refractivity contribution in [3.05, 3.63) is 64.7 Å². The van der Waals surface area contributed by atoms with Crippen molar-refractivity contribution in [2.24, 2.45) is 5.41 Å². The van der Waals surface area contributed by atoms with Crippen molar-refractivity contribution in [3.63, 3.8) is 0 Å². The molecular formula is C22H30N2O2. The minimum absolute atomic E-state index is 0.256. The summed E-state index contributed by atoms with van der Waals surface area (Å²) < 4.78 is 5.31. The van der Waals surface area contributed by atoms with Crippen molar-refractivity contribution in [2.45, 2.75) is 47.8 Å². The van der Waals surface area contributed by atoms with Crippen LogP contribution in [0.15, 0.2) is 42.5 Å². The lowest BCUT2D eigenvalue weighted by molar-refractivity contribution is 0.155. The van der Waals surface area contributed by atoms with Gasteiger partial charge in [0.05, 0.1) is 0 Å². The van der Waals surface area contributed by atoms with Gasteiger partial charge in [0.1, 0.15) is 6.61 Å². The van der Waals surface area contributed by atoms with E-state index in [4.69, 9.17) is 4.74 Å². The van der Waals surface area contributed by atoms with Crippen LogP contribution in [-0.4, -0.2) is 12.6 Å². The van der Waals surface area contributed by atoms with Gasteiger partial charge >= 0.3 is 6.09 Å². The first-order chi connectivity index (χ1) is 12.2. The lowest BCUT2D eigenvalue weighted by Gasteiger charge is -2.18. The zero-order chi connectivity index (χ0) is 19.2. The van der Waals surface area contributed by atoms with E-state index in [-0.39, 0.29) is 12.0 Å². The fourth-order valence-electron chi connectivity index (χ4n) is 2.68. The van der Waals surface area contributed by atoms with E-state index in [9.17, 15) is 4.79 Å². The van der Waals surface area contributed by atoms with Gasteiger partial charge < -0.3 is 10.1 Å². The maximum atomic E-state index is 12.0. The van der Waals surface area contributed by atoms with Gasteiger partial charge in [0, 0.05) is 18.8 Å². The van der Waals surface area contributed by atoms with E-state index in [2.05, 4.69) is 49.6 Å². The summed E-state index contributed by atoms with van der Waals surface area (Å²) >= 11 is 0. The molecule has 0 radical (unpaired) electrons. The van der Waals surface area contributed by atoms with Crippen LogP contribution in [0.5, 0.6) is 0 Å². The number of aryl methyl sites for hydroxylation is 2. The maximum absolute atomic E-state index is 12.0. The van der Waals surface area contributed by atoms with Crippen molar-refractivity contribution in [1.82, 2.24) is 5.32 Å². The molecule has 0 atom stereocenters. The van der Waals surface area contributed by atoms with Crippen molar-refractivity contribution in [2.75, 3.05) is 11.9 Å². The Morgan fingerprint density at radius 2 is 1.54 bits per heavy atom. The minimum atomic E-state index is -0.439. The lowest BCUT2D eigenvalue weighted by Crippen LogP contribution is -2.26. The van der Waals surface area contributed by atoms with Gasteiger partial charge in [-0.15, -0.1) is 0 Å². The zero-order valence-electron chi connectivity index (χ0n) is 16.5. The second kappa shape index (κ2) is 8.86. The van der Waals surface area contributed by atoms with E-state index >= 15 is 0 Å². The van der Waals surface area contributed by atoms with Gasteiger partial charge in [0.15, 0.2) is 0 Å². The molecule has 4 heteroatoms. The molecule has 140 valence electrons. The molecule has 2 aromatic rings. The smallest absolute Gasteiger partial charge is 0.411 e. The van der Waals surface area contributed by atoms with E-state index in [1.807, 2.05) is 38.1 Å². The fraction of sp³-hybridized carbons (Fsp3) is 0.409. The van der Waals surface area contributed by atoms with Gasteiger partial charge in [-0.1, -0.05) is 51.1 Å². The second-order valence-electron chi connectivity index (χ2n) is 8.06. The van der Waals surface area contributed by atoms with E-state index in [0.29, 0.717) is 0 Å². The normalized spacial score (nSPS) is 11.3. The number of carbonyl (C=O) groups excluding carboxylic acids is 1. The average molecular weight is 354 g/mol. The maximum Gasteiger partial charge on any atom is 0.411 e. The van der Waals surface area contributed by atoms with Crippen LogP contribution < -0.4 is 10.6 Å². The Bertz CT molecular complexity index is 711. The molecule has 0 saturated carbocycles. The standard InChI is InChI=1S/C22H30N2O2/c1-16-10-17(2)12-20(11-16)24-21(25)26-14-19-8-6-18(7-9-19)13-23-15-22(3,4)5/h6-12,23H,13-15H2,1-5H3,(H,24,25). The second-order valence-corrected chi connectivity index (χ2v) is 8.06. The molecule has 2 N–H and O–H groups in total. The molecule has 2 rings (SSSR count). The molecule has 0 aliphatic carbocycles. The van der Waals surface area contributed by atoms with Crippen LogP contribution in [0.2, 0.25) is 0 Å². The Morgan fingerprint density at radius 1 is 0.962 bits per heavy atom. The van der Waals surface area contributed by atoms with Gasteiger partial charge in [-0.05, 0) is 53.6 Å². The van der Waals surface area contributed by atoms with Crippen LogP contribution in [-0.2, 0) is 17.9 Å². The van der Waals surface area contributed by atoms with Crippen molar-refractivity contribution in [3.8, 4) is 0 Å². The zero-order valence-corrected chi connectivity index (χ0v) is 16.5. The average Bonchev–Trinajstić information content (AvgIpc) is 2.52. The Hall–Kier alpha value is -2.33. The van der Waals surface area contributed by atoms with Crippen LogP contribution in [0.25, 0.3) is 0 Å². The number of rotatable bonds is 6. The summed E-state index contributed by atoms with van der Waals surface area (Å²) in [4.78, 5) is 12.0. The molecule has 0 aromatic heterocycles. The van der Waals surface area contributed by atoms with Crippen molar-refractivity contribution < 1.29 is 9.53 Å². The van der Waals surface area contributed by atoms with E-state index in [0.717, 1.165) is 35.5 Å². The van der Waals surface area contributed by atoms with E-state index in [1.165, 1.54) is 5.56 Å². The topological polar surface area (TPSA) is 50.4 Å². The van der Waals surface area contributed by atoms with E-state index < -0.39 is 6.09 Å². The molecule has 0 spiro atoms. The number of anilines is 1. The third-order valence-corrected chi connectivity index (χ3v) is 3.85. The van der Waals surface area contributed by atoms with E-state index in [1.54, 1.807) is 0 Å². The Morgan fingerprint density at radius 3 is 2.12 bits per heavy atom. The number of nitrogens with one attached hydrogen (secondary N) is 2. The van der Waals surface area contributed by atoms with Gasteiger partial charge in [0.25, 0.3) is 0 Å². The van der Waals surface area contributed by atoms with Crippen LogP contribution in [0.3, 0.4) is 0 Å². The van der Waals surface area contributed by atoms with Gasteiger partial charge in [-0.3, -0.25) is 5.32 Å². The highest BCUT2D eigenvalue weighted by Crippen LogP contribution is 2.15. The number of hydrogen-bond donors (Lipinski definition) is 2. The summed E-state index contributed by atoms with van der Waals surface area (Å²) in [5.74, 6) is 0. The lowest BCUT2D eigenvalue weighted by atomic mass is 9.97. The number of carbonyl (C=O) groups is 1. The number of hydrogen-bond acceptors (Lipinski definition) is 3. The molecule has 0 bridgehead atoms. The predicted octanol–water partition coefficient (Wildman–Crippen LogP) is 5.19. The fourth-order valence-corrected chi connectivity index (χ4v) is 2.68. The number of amides is 1. The highest BCUT2D eigenvalue weighted by molar-refractivity contribution is 5.84. The highest BCUT2D eigenvalue weighted by atomic mass is 16.5. The molecule has 0 heterocycles. The quantitative estimate of drug-likeness (QED) is 0.751. The molecule has 4 nitrogen and oxygen atoms in total. The van der Waals surface area contributed by atoms with Crippen molar-refractivity contribution in [1.29, 1.82) is 0 Å². The molecule has 0 unspecified atom stereocenters. The largest absolute Gasteiger partial charge is 0.444 e. The summed E-state index contributed by atoms with van der Waals surface area (Å²) in [6.07, 6.45) is -0.439. The molecule has 0 fully saturated rings. The minimum Gasteiger partial charge on any atom is -0.444 e. The third-order valence-electron chi connectivity index (χ3n) is 3.85. The Balaban J connectivity index is 1.79. The summed E-state index contributed by atoms with van der Waals surface area (Å²) in [7, 11) is 0. The monoisotopic (exact) mass is 354 g/mol. The van der Waals surface area contributed by atoms with Crippen LogP contribution >= 0.6 is 0 Å². The van der Waals surface area contributed by atoms with Crippen LogP contribution in [0.4, 0.5) is 10.5 Å². The number of benzene rings is 2. The summed E-state index contributed by atoms with van der Waals surface area (Å²) in [5.41, 5.74) is 5.44. The third kappa shape index (κ3) is 7.28. The SMILES string of the molecule is Cc1cc(C)cc(NC(=O)OCc2ccc(CNCC(C)(C)C)cc2)c1. The van der Waals surface area contributed by atoms with Crippen LogP contribution in [0, 0.1) is 19.3 Å². The molecule has 1 amide bonds. The van der Waals surface area contributed by atoms with Gasteiger partial charge in [0.2, 0.25) is 0 Å². The summed E-state index contributed by atoms with van der Waals surface area (Å²) in [5, 5.41) is 6.23. The first kappa shape index (κ1) is 20.0. The number of ether oxygens (including phenoxy) is 1. The molecule has 0 saturated heterocycles. The molecule has 0 aliphatic heterocycles. The Labute approximate surface area is 157 Å². The molecule has 26 heavy (non-hydrogen) atoms.